The summed E-state index contributed by atoms with van der Waals surface area (Å²) < 4.78 is 1.68. The van der Waals surface area contributed by atoms with Gasteiger partial charge >= 0.3 is 0 Å². The fourth-order valence-corrected chi connectivity index (χ4v) is 4.19. The van der Waals surface area contributed by atoms with Gasteiger partial charge in [-0.3, -0.25) is 4.79 Å². The Bertz CT molecular complexity index is 1260. The molecule has 6 nitrogen and oxygen atoms in total. The average Bonchev–Trinajstić information content (AvgIpc) is 3.13. The number of amides is 1. The number of hydrogen-bond acceptors (Lipinski definition) is 4. The molecule has 1 aliphatic rings. The normalized spacial score (nSPS) is 15.5. The number of nitrogens with one attached hydrogen (secondary N) is 1. The molecule has 1 unspecified atom stereocenters. The monoisotopic (exact) mass is 409 g/mol. The molecule has 31 heavy (non-hydrogen) atoms. The van der Waals surface area contributed by atoms with Crippen molar-refractivity contribution in [3.05, 3.63) is 88.7 Å². The van der Waals surface area contributed by atoms with E-state index in [1.54, 1.807) is 4.68 Å². The zero-order valence-electron chi connectivity index (χ0n) is 17.8. The molecule has 0 radical (unpaired) electrons. The summed E-state index contributed by atoms with van der Waals surface area (Å²) in [5, 5.41) is 7.97. The topological polar surface area (TPSA) is 72.7 Å². The van der Waals surface area contributed by atoms with Gasteiger partial charge in [0.2, 0.25) is 5.91 Å². The van der Waals surface area contributed by atoms with Gasteiger partial charge < -0.3 is 5.32 Å². The van der Waals surface area contributed by atoms with Crippen molar-refractivity contribution in [3.8, 4) is 17.2 Å². The summed E-state index contributed by atoms with van der Waals surface area (Å²) in [6.45, 7) is 5.92. The molecule has 1 aliphatic heterocycles. The molecular weight excluding hydrogens is 386 g/mol. The maximum Gasteiger partial charge on any atom is 0.252 e. The number of fused-ring (bicyclic) bond motifs is 1. The Morgan fingerprint density at radius 3 is 2.29 bits per heavy atom. The highest BCUT2D eigenvalue weighted by atomic mass is 16.1. The van der Waals surface area contributed by atoms with Crippen LogP contribution in [0.5, 0.6) is 0 Å². The highest BCUT2D eigenvalue weighted by Gasteiger charge is 2.34. The number of rotatable bonds is 3. The third-order valence-electron chi connectivity index (χ3n) is 5.60. The van der Waals surface area contributed by atoms with Gasteiger partial charge in [0.25, 0.3) is 5.95 Å². The molecule has 154 valence electrons. The van der Waals surface area contributed by atoms with E-state index in [-0.39, 0.29) is 11.8 Å². The number of nitrogens with zero attached hydrogens (tertiary/aromatic N) is 4. The summed E-state index contributed by atoms with van der Waals surface area (Å²) in [6, 6.07) is 20.3. The minimum absolute atomic E-state index is 0.0387. The summed E-state index contributed by atoms with van der Waals surface area (Å²) in [7, 11) is 0. The fraction of sp³-hybridized carbons (Fsp3) is 0.200. The van der Waals surface area contributed by atoms with E-state index < -0.39 is 0 Å². The van der Waals surface area contributed by atoms with E-state index in [1.807, 2.05) is 50.2 Å². The van der Waals surface area contributed by atoms with Crippen LogP contribution in [-0.2, 0) is 4.79 Å². The van der Waals surface area contributed by atoms with Crippen LogP contribution in [0.1, 0.15) is 40.4 Å². The number of carbonyl (C=O) groups excluding carboxylic acids is 1. The van der Waals surface area contributed by atoms with Crippen LogP contribution in [-0.4, -0.2) is 25.7 Å². The Balaban J connectivity index is 1.78. The van der Waals surface area contributed by atoms with Gasteiger partial charge in [0.1, 0.15) is 5.82 Å². The van der Waals surface area contributed by atoms with Gasteiger partial charge in [-0.2, -0.15) is 9.78 Å². The third-order valence-corrected chi connectivity index (χ3v) is 5.60. The smallest absolute Gasteiger partial charge is 0.252 e. The lowest BCUT2D eigenvalue weighted by atomic mass is 9.84. The first-order valence-corrected chi connectivity index (χ1v) is 10.4. The number of hydrogen-bond donors (Lipinski definition) is 1. The second-order valence-electron chi connectivity index (χ2n) is 8.05. The molecular formula is C25H23N5O. The minimum Gasteiger partial charge on any atom is -0.310 e. The number of aryl methyl sites for hydroxylation is 3. The van der Waals surface area contributed by atoms with Gasteiger partial charge in [-0.25, -0.2) is 9.97 Å². The lowest BCUT2D eigenvalue weighted by molar-refractivity contribution is -0.116. The molecule has 5 rings (SSSR count). The zero-order chi connectivity index (χ0) is 21.5. The van der Waals surface area contributed by atoms with E-state index in [1.165, 1.54) is 5.56 Å². The Hall–Kier alpha value is -3.80. The first-order chi connectivity index (χ1) is 15.0. The molecule has 2 aromatic carbocycles. The van der Waals surface area contributed by atoms with Crippen LogP contribution in [0.4, 0.5) is 5.82 Å². The Morgan fingerprint density at radius 2 is 1.61 bits per heavy atom. The van der Waals surface area contributed by atoms with Crippen LogP contribution in [0.25, 0.3) is 17.2 Å². The van der Waals surface area contributed by atoms with Crippen LogP contribution in [0.3, 0.4) is 0 Å². The van der Waals surface area contributed by atoms with Gasteiger partial charge in [0.05, 0.1) is 5.69 Å². The van der Waals surface area contributed by atoms with Gasteiger partial charge in [-0.15, -0.1) is 0 Å². The number of benzene rings is 2. The molecule has 0 saturated carbocycles. The van der Waals surface area contributed by atoms with E-state index in [0.29, 0.717) is 18.2 Å². The molecule has 0 saturated heterocycles. The lowest BCUT2D eigenvalue weighted by Crippen LogP contribution is -2.25. The quantitative estimate of drug-likeness (QED) is 0.531. The zero-order valence-corrected chi connectivity index (χ0v) is 17.8. The highest BCUT2D eigenvalue weighted by Crippen LogP contribution is 2.43. The molecule has 6 heteroatoms. The summed E-state index contributed by atoms with van der Waals surface area (Å²) in [4.78, 5) is 21.9. The van der Waals surface area contributed by atoms with E-state index in [0.717, 1.165) is 33.8 Å². The molecule has 0 spiro atoms. The van der Waals surface area contributed by atoms with E-state index in [2.05, 4.69) is 46.5 Å². The molecule has 0 fully saturated rings. The van der Waals surface area contributed by atoms with E-state index in [9.17, 15) is 4.79 Å². The van der Waals surface area contributed by atoms with Crippen LogP contribution in [0, 0.1) is 20.8 Å². The largest absolute Gasteiger partial charge is 0.310 e. The summed E-state index contributed by atoms with van der Waals surface area (Å²) in [6.07, 6.45) is 0.370. The van der Waals surface area contributed by atoms with Gasteiger partial charge in [-0.1, -0.05) is 60.2 Å². The SMILES string of the molecule is Cc1ccc(C2CC(=O)Nc3c2c(-c2ccccc2)nn3-c2nc(C)cc(C)n2)cc1. The second-order valence-corrected chi connectivity index (χ2v) is 8.05. The minimum atomic E-state index is -0.0980. The maximum atomic E-state index is 12.7. The molecule has 3 heterocycles. The summed E-state index contributed by atoms with van der Waals surface area (Å²) in [5.41, 5.74) is 6.82. The summed E-state index contributed by atoms with van der Waals surface area (Å²) in [5.74, 6) is 0.967. The number of carbonyl (C=O) groups is 1. The van der Waals surface area contributed by atoms with E-state index >= 15 is 0 Å². The van der Waals surface area contributed by atoms with E-state index in [4.69, 9.17) is 5.10 Å². The lowest BCUT2D eigenvalue weighted by Gasteiger charge is -2.24. The second kappa shape index (κ2) is 7.47. The third kappa shape index (κ3) is 3.50. The van der Waals surface area contributed by atoms with Crippen molar-refractivity contribution in [3.63, 3.8) is 0 Å². The highest BCUT2D eigenvalue weighted by molar-refractivity contribution is 5.96. The van der Waals surface area contributed by atoms with Crippen molar-refractivity contribution in [1.29, 1.82) is 0 Å². The number of aromatic nitrogens is 4. The molecule has 1 N–H and O–H groups in total. The predicted octanol–water partition coefficient (Wildman–Crippen LogP) is 4.73. The van der Waals surface area contributed by atoms with Gasteiger partial charge in [0.15, 0.2) is 0 Å². The predicted molar refractivity (Wildman–Crippen MR) is 120 cm³/mol. The van der Waals surface area contributed by atoms with Crippen molar-refractivity contribution in [2.24, 2.45) is 0 Å². The summed E-state index contributed by atoms with van der Waals surface area (Å²) >= 11 is 0. The number of anilines is 1. The average molecular weight is 409 g/mol. The van der Waals surface area contributed by atoms with Crippen molar-refractivity contribution in [2.75, 3.05) is 5.32 Å². The van der Waals surface area contributed by atoms with Crippen molar-refractivity contribution < 1.29 is 4.79 Å². The van der Waals surface area contributed by atoms with Gasteiger partial charge in [-0.05, 0) is 32.4 Å². The first-order valence-electron chi connectivity index (χ1n) is 10.4. The maximum absolute atomic E-state index is 12.7. The van der Waals surface area contributed by atoms with Crippen LogP contribution in [0.2, 0.25) is 0 Å². The van der Waals surface area contributed by atoms with Crippen molar-refractivity contribution in [2.45, 2.75) is 33.1 Å². The van der Waals surface area contributed by atoms with Crippen LogP contribution in [0.15, 0.2) is 60.7 Å². The first kappa shape index (κ1) is 19.2. The molecule has 2 aromatic heterocycles. The Morgan fingerprint density at radius 1 is 0.935 bits per heavy atom. The standard InChI is InChI=1S/C25H23N5O/c1-15-9-11-18(12-10-15)20-14-21(31)28-24-22(20)23(19-7-5-4-6-8-19)29-30(24)25-26-16(2)13-17(3)27-25/h4-13,20H,14H2,1-3H3,(H,28,31). The molecule has 4 aromatic rings. The van der Waals surface area contributed by atoms with Crippen LogP contribution >= 0.6 is 0 Å². The van der Waals surface area contributed by atoms with Gasteiger partial charge in [0, 0.05) is 34.9 Å². The Labute approximate surface area is 181 Å². The fourth-order valence-electron chi connectivity index (χ4n) is 4.19. The molecule has 0 aliphatic carbocycles. The van der Waals surface area contributed by atoms with Crippen molar-refractivity contribution >= 4 is 11.7 Å². The van der Waals surface area contributed by atoms with Crippen molar-refractivity contribution in [1.82, 2.24) is 19.7 Å². The molecule has 1 atom stereocenters. The van der Waals surface area contributed by atoms with Crippen LogP contribution < -0.4 is 5.32 Å². The molecule has 1 amide bonds. The Kier molecular flexibility index (Phi) is 4.62. The molecule has 0 bridgehead atoms.